The van der Waals surface area contributed by atoms with Crippen LogP contribution in [0.1, 0.15) is 15.9 Å². The summed E-state index contributed by atoms with van der Waals surface area (Å²) in [5, 5.41) is 6.04. The molecule has 0 aliphatic rings. The number of methoxy groups -OCH3 is 2. The summed E-state index contributed by atoms with van der Waals surface area (Å²) in [5.74, 6) is 1.53. The lowest BCUT2D eigenvalue weighted by molar-refractivity contribution is 0.102. The Kier molecular flexibility index (Phi) is 5.56. The third-order valence-corrected chi connectivity index (χ3v) is 3.96. The van der Waals surface area contributed by atoms with Gasteiger partial charge in [-0.15, -0.1) is 0 Å². The quantitative estimate of drug-likeness (QED) is 0.679. The van der Waals surface area contributed by atoms with E-state index in [1.165, 1.54) is 5.56 Å². The minimum atomic E-state index is -0.270. The summed E-state index contributed by atoms with van der Waals surface area (Å²) >= 11 is 0. The van der Waals surface area contributed by atoms with E-state index in [0.717, 1.165) is 5.69 Å². The SMILES string of the molecule is COc1cc(OC)cc(C(=O)Nc2ccc(Nc3ccc(C)cc3)nc2)c1. The summed E-state index contributed by atoms with van der Waals surface area (Å²) in [6.07, 6.45) is 1.60. The normalized spacial score (nSPS) is 10.2. The van der Waals surface area contributed by atoms with Crippen molar-refractivity contribution in [2.45, 2.75) is 6.92 Å². The topological polar surface area (TPSA) is 72.5 Å². The van der Waals surface area contributed by atoms with Crippen LogP contribution in [0.5, 0.6) is 11.5 Å². The van der Waals surface area contributed by atoms with Crippen LogP contribution in [0.4, 0.5) is 17.2 Å². The molecule has 0 aliphatic carbocycles. The molecule has 0 saturated heterocycles. The second-order valence-corrected chi connectivity index (χ2v) is 5.98. The molecule has 138 valence electrons. The molecular formula is C21H21N3O3. The van der Waals surface area contributed by atoms with Crippen LogP contribution in [-0.4, -0.2) is 25.1 Å². The molecule has 0 atom stereocenters. The first-order chi connectivity index (χ1) is 13.1. The lowest BCUT2D eigenvalue weighted by Gasteiger charge is -2.10. The average molecular weight is 363 g/mol. The Morgan fingerprint density at radius 3 is 2.07 bits per heavy atom. The number of rotatable bonds is 6. The summed E-state index contributed by atoms with van der Waals surface area (Å²) in [6, 6.07) is 16.6. The molecule has 0 spiro atoms. The number of anilines is 3. The van der Waals surface area contributed by atoms with Crippen LogP contribution in [0.3, 0.4) is 0 Å². The number of aryl methyl sites for hydroxylation is 1. The van der Waals surface area contributed by atoms with Gasteiger partial charge in [0.25, 0.3) is 5.91 Å². The Bertz CT molecular complexity index is 900. The van der Waals surface area contributed by atoms with E-state index in [1.54, 1.807) is 44.7 Å². The first-order valence-electron chi connectivity index (χ1n) is 8.41. The number of aromatic nitrogens is 1. The van der Waals surface area contributed by atoms with Gasteiger partial charge in [-0.1, -0.05) is 17.7 Å². The van der Waals surface area contributed by atoms with Crippen LogP contribution < -0.4 is 20.1 Å². The third kappa shape index (κ3) is 4.76. The molecule has 0 unspecified atom stereocenters. The van der Waals surface area contributed by atoms with Crippen molar-refractivity contribution in [1.29, 1.82) is 0 Å². The molecule has 6 heteroatoms. The Hall–Kier alpha value is -3.54. The summed E-state index contributed by atoms with van der Waals surface area (Å²) < 4.78 is 10.4. The third-order valence-electron chi connectivity index (χ3n) is 3.96. The fourth-order valence-corrected chi connectivity index (χ4v) is 2.47. The number of hydrogen-bond donors (Lipinski definition) is 2. The van der Waals surface area contributed by atoms with Gasteiger partial charge in [-0.25, -0.2) is 4.98 Å². The maximum atomic E-state index is 12.5. The molecule has 3 rings (SSSR count). The number of carbonyl (C=O) groups is 1. The summed E-state index contributed by atoms with van der Waals surface area (Å²) in [4.78, 5) is 16.8. The van der Waals surface area contributed by atoms with Crippen molar-refractivity contribution in [3.8, 4) is 11.5 Å². The lowest BCUT2D eigenvalue weighted by atomic mass is 10.2. The molecule has 0 fully saturated rings. The van der Waals surface area contributed by atoms with Gasteiger partial charge >= 0.3 is 0 Å². The van der Waals surface area contributed by atoms with E-state index in [2.05, 4.69) is 15.6 Å². The van der Waals surface area contributed by atoms with E-state index >= 15 is 0 Å². The monoisotopic (exact) mass is 363 g/mol. The number of nitrogens with one attached hydrogen (secondary N) is 2. The molecule has 1 amide bonds. The summed E-state index contributed by atoms with van der Waals surface area (Å²) in [5.41, 5.74) is 3.18. The maximum Gasteiger partial charge on any atom is 0.255 e. The van der Waals surface area contributed by atoms with Crippen molar-refractivity contribution in [2.24, 2.45) is 0 Å². The van der Waals surface area contributed by atoms with E-state index in [1.807, 2.05) is 37.3 Å². The van der Waals surface area contributed by atoms with Crippen LogP contribution >= 0.6 is 0 Å². The molecule has 3 aromatic rings. The summed E-state index contributed by atoms with van der Waals surface area (Å²) in [6.45, 7) is 2.04. The van der Waals surface area contributed by atoms with Gasteiger partial charge in [-0.05, 0) is 43.3 Å². The highest BCUT2D eigenvalue weighted by atomic mass is 16.5. The van der Waals surface area contributed by atoms with Gasteiger partial charge in [0.05, 0.1) is 26.1 Å². The van der Waals surface area contributed by atoms with Crippen LogP contribution in [0.2, 0.25) is 0 Å². The minimum absolute atomic E-state index is 0.270. The van der Waals surface area contributed by atoms with Crippen LogP contribution in [0.15, 0.2) is 60.8 Å². The number of benzene rings is 2. The predicted molar refractivity (Wildman–Crippen MR) is 106 cm³/mol. The van der Waals surface area contributed by atoms with Gasteiger partial charge in [0.1, 0.15) is 17.3 Å². The van der Waals surface area contributed by atoms with Gasteiger partial charge in [-0.2, -0.15) is 0 Å². The fourth-order valence-electron chi connectivity index (χ4n) is 2.47. The molecule has 1 aromatic heterocycles. The van der Waals surface area contributed by atoms with Crippen molar-refractivity contribution in [1.82, 2.24) is 4.98 Å². The highest BCUT2D eigenvalue weighted by Crippen LogP contribution is 2.23. The second kappa shape index (κ2) is 8.23. The number of amides is 1. The molecule has 0 saturated carbocycles. The maximum absolute atomic E-state index is 12.5. The Morgan fingerprint density at radius 1 is 0.889 bits per heavy atom. The predicted octanol–water partition coefficient (Wildman–Crippen LogP) is 4.40. The minimum Gasteiger partial charge on any atom is -0.497 e. The lowest BCUT2D eigenvalue weighted by Crippen LogP contribution is -2.12. The van der Waals surface area contributed by atoms with Crippen LogP contribution in [0.25, 0.3) is 0 Å². The molecule has 0 bridgehead atoms. The first kappa shape index (κ1) is 18.3. The zero-order valence-corrected chi connectivity index (χ0v) is 15.4. The number of carbonyl (C=O) groups excluding carboxylic acids is 1. The number of pyridine rings is 1. The van der Waals surface area contributed by atoms with Crippen molar-refractivity contribution >= 4 is 23.1 Å². The van der Waals surface area contributed by atoms with Crippen molar-refractivity contribution < 1.29 is 14.3 Å². The number of hydrogen-bond acceptors (Lipinski definition) is 5. The average Bonchev–Trinajstić information content (AvgIpc) is 2.70. The molecule has 2 N–H and O–H groups in total. The van der Waals surface area contributed by atoms with Gasteiger partial charge in [0, 0.05) is 17.3 Å². The zero-order valence-electron chi connectivity index (χ0n) is 15.4. The molecule has 0 aliphatic heterocycles. The van der Waals surface area contributed by atoms with Gasteiger partial charge < -0.3 is 20.1 Å². The highest BCUT2D eigenvalue weighted by molar-refractivity contribution is 6.04. The van der Waals surface area contributed by atoms with E-state index in [4.69, 9.17) is 9.47 Å². The van der Waals surface area contributed by atoms with E-state index in [0.29, 0.717) is 28.6 Å². The molecular weight excluding hydrogens is 342 g/mol. The Morgan fingerprint density at radius 2 is 1.52 bits per heavy atom. The van der Waals surface area contributed by atoms with Crippen molar-refractivity contribution in [3.63, 3.8) is 0 Å². The van der Waals surface area contributed by atoms with Gasteiger partial charge in [0.2, 0.25) is 0 Å². The highest BCUT2D eigenvalue weighted by Gasteiger charge is 2.10. The Labute approximate surface area is 158 Å². The molecule has 6 nitrogen and oxygen atoms in total. The standard InChI is InChI=1S/C21H21N3O3/c1-14-4-6-16(7-5-14)23-20-9-8-17(13-22-20)24-21(25)15-10-18(26-2)12-19(11-15)27-3/h4-13H,1-3H3,(H,22,23)(H,24,25). The van der Waals surface area contributed by atoms with Crippen LogP contribution in [-0.2, 0) is 0 Å². The largest absolute Gasteiger partial charge is 0.497 e. The van der Waals surface area contributed by atoms with Crippen molar-refractivity contribution in [2.75, 3.05) is 24.9 Å². The molecule has 0 radical (unpaired) electrons. The molecule has 27 heavy (non-hydrogen) atoms. The van der Waals surface area contributed by atoms with E-state index < -0.39 is 0 Å². The van der Waals surface area contributed by atoms with E-state index in [-0.39, 0.29) is 5.91 Å². The number of ether oxygens (including phenoxy) is 2. The van der Waals surface area contributed by atoms with E-state index in [9.17, 15) is 4.79 Å². The van der Waals surface area contributed by atoms with Gasteiger partial charge in [-0.3, -0.25) is 4.79 Å². The Balaban J connectivity index is 1.69. The second-order valence-electron chi connectivity index (χ2n) is 5.98. The fraction of sp³-hybridized carbons (Fsp3) is 0.143. The number of nitrogens with zero attached hydrogens (tertiary/aromatic N) is 1. The van der Waals surface area contributed by atoms with Crippen LogP contribution in [0, 0.1) is 6.92 Å². The molecule has 1 heterocycles. The first-order valence-corrected chi connectivity index (χ1v) is 8.41. The smallest absolute Gasteiger partial charge is 0.255 e. The van der Waals surface area contributed by atoms with Crippen molar-refractivity contribution in [3.05, 3.63) is 71.9 Å². The zero-order chi connectivity index (χ0) is 19.2. The van der Waals surface area contributed by atoms with Gasteiger partial charge in [0.15, 0.2) is 0 Å². The summed E-state index contributed by atoms with van der Waals surface area (Å²) in [7, 11) is 3.08. The molecule has 2 aromatic carbocycles.